The van der Waals surface area contributed by atoms with Crippen LogP contribution in [0.3, 0.4) is 0 Å². The van der Waals surface area contributed by atoms with Gasteiger partial charge in [0.25, 0.3) is 0 Å². The highest BCUT2D eigenvalue weighted by Gasteiger charge is 2.23. The fourth-order valence-electron chi connectivity index (χ4n) is 4.88. The Kier molecular flexibility index (Phi) is 30.5. The van der Waals surface area contributed by atoms with Crippen molar-refractivity contribution < 1.29 is 48.2 Å². The Hall–Kier alpha value is -2.07. The number of carbonyl (C=O) groups excluding carboxylic acids is 2. The van der Waals surface area contributed by atoms with Crippen LogP contribution in [0.15, 0.2) is 48.6 Å². The molecule has 0 aromatic heterocycles. The lowest BCUT2D eigenvalue weighted by atomic mass is 10.0. The summed E-state index contributed by atoms with van der Waals surface area (Å²) in [4.78, 5) is 42.7. The summed E-state index contributed by atoms with van der Waals surface area (Å²) >= 11 is 0. The molecule has 0 aliphatic heterocycles. The second-order valence-electron chi connectivity index (χ2n) is 13.0. The van der Waals surface area contributed by atoms with Gasteiger partial charge in [0.15, 0.2) is 6.10 Å². The number of rotatable bonds is 32. The summed E-state index contributed by atoms with van der Waals surface area (Å²) in [6.07, 6.45) is 28.8. The lowest BCUT2D eigenvalue weighted by Crippen LogP contribution is -2.30. The Balaban J connectivity index is 4.27. The first-order chi connectivity index (χ1) is 23.4. The summed E-state index contributed by atoms with van der Waals surface area (Å²) in [6, 6.07) is 0. The third kappa shape index (κ3) is 34.2. The largest absolute Gasteiger partial charge is 0.469 e. The summed E-state index contributed by atoms with van der Waals surface area (Å²) in [6.45, 7) is 5.58. The molecule has 10 nitrogen and oxygen atoms in total. The topological polar surface area (TPSA) is 160 Å². The van der Waals surface area contributed by atoms with Crippen molar-refractivity contribution in [3.63, 3.8) is 0 Å². The van der Waals surface area contributed by atoms with E-state index in [1.54, 1.807) is 0 Å². The van der Waals surface area contributed by atoms with Gasteiger partial charge >= 0.3 is 19.8 Å². The first-order valence-electron chi connectivity index (χ1n) is 18.5. The first-order valence-corrected chi connectivity index (χ1v) is 20.0. The summed E-state index contributed by atoms with van der Waals surface area (Å²) in [5.74, 6) is -0.407. The number of hydrogen-bond acceptors (Lipinski definition) is 8. The van der Waals surface area contributed by atoms with Crippen LogP contribution >= 0.6 is 7.82 Å². The monoisotopic (exact) mass is 714 g/mol. The first kappa shape index (κ1) is 46.9. The maximum Gasteiger partial charge on any atom is 0.469 e. The fourth-order valence-corrected chi connectivity index (χ4v) is 5.24. The molecule has 0 aromatic rings. The molecule has 0 rings (SSSR count). The van der Waals surface area contributed by atoms with Gasteiger partial charge in [-0.1, -0.05) is 127 Å². The molecule has 0 radical (unpaired) electrons. The van der Waals surface area contributed by atoms with Gasteiger partial charge in [0.1, 0.15) is 6.61 Å². The van der Waals surface area contributed by atoms with E-state index in [4.69, 9.17) is 19.3 Å². The van der Waals surface area contributed by atoms with E-state index in [9.17, 15) is 24.4 Å². The Bertz CT molecular complexity index is 985. The van der Waals surface area contributed by atoms with E-state index in [2.05, 4.69) is 55.7 Å². The van der Waals surface area contributed by atoms with Crippen LogP contribution in [0.5, 0.6) is 0 Å². The Labute approximate surface area is 296 Å². The molecule has 49 heavy (non-hydrogen) atoms. The highest BCUT2D eigenvalue weighted by molar-refractivity contribution is 7.46. The normalized spacial score (nSPS) is 14.4. The van der Waals surface area contributed by atoms with Gasteiger partial charge in [-0.15, -0.1) is 0 Å². The Morgan fingerprint density at radius 2 is 1.14 bits per heavy atom. The number of carbonyl (C=O) groups is 2. The van der Waals surface area contributed by atoms with E-state index < -0.39 is 51.3 Å². The number of phosphoric ester groups is 1. The third-order valence-corrected chi connectivity index (χ3v) is 8.23. The molecule has 11 heteroatoms. The van der Waals surface area contributed by atoms with Crippen LogP contribution in [0.25, 0.3) is 0 Å². The fraction of sp³-hybridized carbons (Fsp3) is 0.737. The van der Waals surface area contributed by atoms with Gasteiger partial charge < -0.3 is 29.5 Å². The number of allylic oxidation sites excluding steroid dienone is 7. The summed E-state index contributed by atoms with van der Waals surface area (Å²) in [7, 11) is -4.83. The Morgan fingerprint density at radius 3 is 1.69 bits per heavy atom. The van der Waals surface area contributed by atoms with Crippen LogP contribution in [0.1, 0.15) is 143 Å². The van der Waals surface area contributed by atoms with E-state index in [1.807, 2.05) is 18.2 Å². The number of unbranched alkanes of at least 4 members (excludes halogenated alkanes) is 8. The standard InChI is InChI=1S/C38H67O10P/c1-4-5-6-7-8-9-10-11-14-17-20-23-27-35(39)36(40)28-25-30-38(42)48-34(32-47-49(43,44)45)31-46-37(41)29-24-21-18-15-12-13-16-19-22-26-33(2)3/h5-6,8-9,11,14,20,23,33-36,39-40H,4,7,10,12-13,15-19,21-22,24-32H2,1-3H3,(H2,43,44,45)/b6-5-,9-8-,14-11-,23-20-/t34-,35-,36-/m1/s1. The number of aliphatic hydroxyl groups is 2. The highest BCUT2D eigenvalue weighted by atomic mass is 31.2. The van der Waals surface area contributed by atoms with Crippen molar-refractivity contribution in [1.82, 2.24) is 0 Å². The molecule has 0 saturated heterocycles. The van der Waals surface area contributed by atoms with E-state index in [-0.39, 0.29) is 32.1 Å². The number of ether oxygens (including phenoxy) is 2. The van der Waals surface area contributed by atoms with Crippen molar-refractivity contribution in [2.24, 2.45) is 5.92 Å². The minimum absolute atomic E-state index is 0.105. The van der Waals surface area contributed by atoms with Gasteiger partial charge in [-0.25, -0.2) is 4.57 Å². The van der Waals surface area contributed by atoms with E-state index in [0.717, 1.165) is 50.9 Å². The maximum atomic E-state index is 12.4. The molecule has 0 amide bonds. The van der Waals surface area contributed by atoms with Crippen LogP contribution in [0.2, 0.25) is 0 Å². The van der Waals surface area contributed by atoms with Crippen molar-refractivity contribution in [1.29, 1.82) is 0 Å². The molecular formula is C38H67O10P. The van der Waals surface area contributed by atoms with Gasteiger partial charge in [0, 0.05) is 12.8 Å². The number of phosphoric acid groups is 1. The zero-order chi connectivity index (χ0) is 36.6. The quantitative estimate of drug-likeness (QED) is 0.0230. The highest BCUT2D eigenvalue weighted by Crippen LogP contribution is 2.36. The number of hydrogen-bond donors (Lipinski definition) is 4. The smallest absolute Gasteiger partial charge is 0.462 e. The minimum atomic E-state index is -4.83. The molecule has 0 aliphatic carbocycles. The predicted octanol–water partition coefficient (Wildman–Crippen LogP) is 8.59. The molecule has 0 fully saturated rings. The van der Waals surface area contributed by atoms with Crippen molar-refractivity contribution in [3.05, 3.63) is 48.6 Å². The Morgan fingerprint density at radius 1 is 0.633 bits per heavy atom. The molecule has 3 atom stereocenters. The van der Waals surface area contributed by atoms with Crippen LogP contribution in [0, 0.1) is 5.92 Å². The van der Waals surface area contributed by atoms with Crippen LogP contribution in [-0.2, 0) is 28.2 Å². The van der Waals surface area contributed by atoms with Crippen molar-refractivity contribution in [3.8, 4) is 0 Å². The van der Waals surface area contributed by atoms with Gasteiger partial charge in [0.2, 0.25) is 0 Å². The number of esters is 2. The molecule has 0 aliphatic rings. The third-order valence-electron chi connectivity index (χ3n) is 7.74. The van der Waals surface area contributed by atoms with Crippen molar-refractivity contribution in [2.45, 2.75) is 161 Å². The SMILES string of the molecule is CC/C=C\C/C=C\C/C=C\C/C=C\C[C@@H](O)[C@H](O)CCCC(=O)O[C@H](COC(=O)CCCCCCCCCCCC(C)C)COP(=O)(O)O. The minimum Gasteiger partial charge on any atom is -0.462 e. The van der Waals surface area contributed by atoms with Crippen LogP contribution in [0.4, 0.5) is 0 Å². The molecule has 0 saturated carbocycles. The molecule has 0 unspecified atom stereocenters. The van der Waals surface area contributed by atoms with Crippen molar-refractivity contribution in [2.75, 3.05) is 13.2 Å². The number of aliphatic hydroxyl groups excluding tert-OH is 2. The van der Waals surface area contributed by atoms with E-state index in [0.29, 0.717) is 6.42 Å². The molecular weight excluding hydrogens is 647 g/mol. The molecule has 0 heterocycles. The molecule has 0 aromatic carbocycles. The predicted molar refractivity (Wildman–Crippen MR) is 196 cm³/mol. The van der Waals surface area contributed by atoms with Crippen molar-refractivity contribution >= 4 is 19.8 Å². The summed E-state index contributed by atoms with van der Waals surface area (Å²) < 4.78 is 26.1. The molecule has 284 valence electrons. The molecule has 4 N–H and O–H groups in total. The zero-order valence-corrected chi connectivity index (χ0v) is 31.4. The lowest BCUT2D eigenvalue weighted by molar-refractivity contribution is -0.161. The van der Waals surface area contributed by atoms with Gasteiger partial charge in [-0.2, -0.15) is 0 Å². The second kappa shape index (κ2) is 31.9. The van der Waals surface area contributed by atoms with Crippen LogP contribution in [-0.4, -0.2) is 63.5 Å². The average Bonchev–Trinajstić information content (AvgIpc) is 3.04. The maximum absolute atomic E-state index is 12.4. The zero-order valence-electron chi connectivity index (χ0n) is 30.5. The molecule has 0 spiro atoms. The lowest BCUT2D eigenvalue weighted by Gasteiger charge is -2.19. The molecule has 0 bridgehead atoms. The van der Waals surface area contributed by atoms with Crippen LogP contribution < -0.4 is 0 Å². The van der Waals surface area contributed by atoms with Gasteiger partial charge in [-0.3, -0.25) is 14.1 Å². The van der Waals surface area contributed by atoms with Gasteiger partial charge in [0.05, 0.1) is 18.8 Å². The van der Waals surface area contributed by atoms with E-state index >= 15 is 0 Å². The van der Waals surface area contributed by atoms with Gasteiger partial charge in [-0.05, 0) is 57.3 Å². The summed E-state index contributed by atoms with van der Waals surface area (Å²) in [5, 5.41) is 20.5. The van der Waals surface area contributed by atoms with E-state index in [1.165, 1.54) is 38.5 Å². The average molecular weight is 715 g/mol. The summed E-state index contributed by atoms with van der Waals surface area (Å²) in [5.41, 5.74) is 0. The second-order valence-corrected chi connectivity index (χ2v) is 14.2.